The monoisotopic (exact) mass is 465 g/mol. The van der Waals surface area contributed by atoms with Gasteiger partial charge in [0.25, 0.3) is 5.91 Å². The molecule has 0 radical (unpaired) electrons. The molecule has 7 heteroatoms. The number of esters is 1. The van der Waals surface area contributed by atoms with Crippen LogP contribution in [-0.4, -0.2) is 31.3 Å². The molecule has 5 rings (SSSR count). The van der Waals surface area contributed by atoms with E-state index in [0.29, 0.717) is 28.9 Å². The van der Waals surface area contributed by atoms with Gasteiger partial charge in [-0.05, 0) is 50.8 Å². The molecule has 1 amide bonds. The van der Waals surface area contributed by atoms with Gasteiger partial charge < -0.3 is 14.8 Å². The topological polar surface area (TPSA) is 69.1 Å². The van der Waals surface area contributed by atoms with Crippen molar-refractivity contribution in [1.82, 2.24) is 0 Å². The summed E-state index contributed by atoms with van der Waals surface area (Å²) in [6, 6.07) is 13.7. The van der Waals surface area contributed by atoms with Crippen LogP contribution in [0.5, 0.6) is 5.75 Å². The van der Waals surface area contributed by atoms with Gasteiger partial charge >= 0.3 is 5.97 Å². The summed E-state index contributed by atoms with van der Waals surface area (Å²) in [5.74, 6) is 0.149. The second-order valence-corrected chi connectivity index (χ2v) is 9.76. The van der Waals surface area contributed by atoms with Crippen molar-refractivity contribution in [2.75, 3.05) is 18.7 Å². The fourth-order valence-electron chi connectivity index (χ4n) is 4.97. The normalized spacial score (nSPS) is 18.4. The fraction of sp³-hybridized carbons (Fsp3) is 0.385. The van der Waals surface area contributed by atoms with E-state index in [1.807, 2.05) is 24.3 Å². The smallest absolute Gasteiger partial charge is 0.341 e. The van der Waals surface area contributed by atoms with E-state index in [0.717, 1.165) is 27.9 Å². The van der Waals surface area contributed by atoms with Crippen molar-refractivity contribution >= 4 is 38.3 Å². The Morgan fingerprint density at radius 1 is 1.12 bits per heavy atom. The number of hydrogen-bond donors (Lipinski definition) is 2. The Labute approximate surface area is 197 Å². The number of benzene rings is 2. The maximum absolute atomic E-state index is 12.9. The fourth-order valence-corrected chi connectivity index (χ4v) is 6.17. The molecule has 0 spiro atoms. The van der Waals surface area contributed by atoms with Crippen molar-refractivity contribution in [3.8, 4) is 5.75 Å². The van der Waals surface area contributed by atoms with Crippen molar-refractivity contribution in [3.63, 3.8) is 0 Å². The van der Waals surface area contributed by atoms with E-state index >= 15 is 0 Å². The van der Waals surface area contributed by atoms with Gasteiger partial charge in [-0.2, -0.15) is 0 Å². The Morgan fingerprint density at radius 2 is 1.91 bits per heavy atom. The van der Waals surface area contributed by atoms with Crippen LogP contribution in [0, 0.1) is 0 Å². The molecular weight excluding hydrogens is 436 g/mol. The molecule has 1 aliphatic carbocycles. The largest absolute Gasteiger partial charge is 0.462 e. The van der Waals surface area contributed by atoms with Gasteiger partial charge in [-0.25, -0.2) is 4.79 Å². The highest BCUT2D eigenvalue weighted by atomic mass is 32.1. The van der Waals surface area contributed by atoms with Gasteiger partial charge in [-0.1, -0.05) is 30.7 Å². The van der Waals surface area contributed by atoms with Crippen LogP contribution in [0.1, 0.15) is 65.3 Å². The van der Waals surface area contributed by atoms with E-state index in [9.17, 15) is 9.59 Å². The van der Waals surface area contributed by atoms with Gasteiger partial charge in [-0.3, -0.25) is 9.69 Å². The predicted octanol–water partition coefficient (Wildman–Crippen LogP) is 4.40. The maximum atomic E-state index is 12.9. The predicted molar refractivity (Wildman–Crippen MR) is 129 cm³/mol. The number of carbonyl (C=O) groups excluding carboxylic acids is 2. The molecule has 1 aromatic heterocycles. The van der Waals surface area contributed by atoms with Crippen molar-refractivity contribution in [2.24, 2.45) is 0 Å². The molecule has 1 aliphatic heterocycles. The first kappa shape index (κ1) is 21.9. The summed E-state index contributed by atoms with van der Waals surface area (Å²) in [6.45, 7) is 3.61. The summed E-state index contributed by atoms with van der Waals surface area (Å²) in [4.78, 5) is 27.2. The molecule has 0 bridgehead atoms. The average molecular weight is 466 g/mol. The zero-order valence-electron chi connectivity index (χ0n) is 18.8. The van der Waals surface area contributed by atoms with E-state index in [2.05, 4.69) is 11.4 Å². The Kier molecular flexibility index (Phi) is 6.33. The summed E-state index contributed by atoms with van der Waals surface area (Å²) >= 11 is 1.39. The van der Waals surface area contributed by atoms with E-state index < -0.39 is 5.97 Å². The highest BCUT2D eigenvalue weighted by Gasteiger charge is 2.32. The number of anilines is 1. The maximum Gasteiger partial charge on any atom is 0.341 e. The average Bonchev–Trinajstić information content (AvgIpc) is 3.23. The number of ether oxygens (including phenoxy) is 2. The van der Waals surface area contributed by atoms with Crippen molar-refractivity contribution in [3.05, 3.63) is 59.2 Å². The molecule has 1 unspecified atom stereocenters. The minimum atomic E-state index is -0.433. The van der Waals surface area contributed by atoms with Crippen molar-refractivity contribution < 1.29 is 24.0 Å². The molecule has 2 aliphatic rings. The van der Waals surface area contributed by atoms with E-state index in [1.54, 1.807) is 19.1 Å². The Balaban J connectivity index is 1.50. The third-order valence-electron chi connectivity index (χ3n) is 6.64. The highest BCUT2D eigenvalue weighted by molar-refractivity contribution is 7.24. The summed E-state index contributed by atoms with van der Waals surface area (Å²) < 4.78 is 12.5. The molecular formula is C26H29N2O4S+. The van der Waals surface area contributed by atoms with Crippen LogP contribution in [0.4, 0.5) is 5.00 Å². The lowest BCUT2D eigenvalue weighted by Crippen LogP contribution is -3.16. The van der Waals surface area contributed by atoms with Gasteiger partial charge in [0.2, 0.25) is 6.73 Å². The molecule has 3 aromatic rings. The quantitative estimate of drug-likeness (QED) is 0.548. The van der Waals surface area contributed by atoms with Crippen LogP contribution in [0.25, 0.3) is 10.1 Å². The number of quaternary nitrogens is 1. The third-order valence-corrected chi connectivity index (χ3v) is 7.76. The van der Waals surface area contributed by atoms with Gasteiger partial charge in [0.1, 0.15) is 17.1 Å². The van der Waals surface area contributed by atoms with Crippen molar-refractivity contribution in [2.45, 2.75) is 51.6 Å². The van der Waals surface area contributed by atoms with Gasteiger partial charge in [0.15, 0.2) is 5.75 Å². The molecule has 1 fully saturated rings. The van der Waals surface area contributed by atoms with Crippen LogP contribution in [0.3, 0.4) is 0 Å². The molecule has 2 heterocycles. The van der Waals surface area contributed by atoms with E-state index in [-0.39, 0.29) is 12.5 Å². The number of rotatable bonds is 5. The zero-order chi connectivity index (χ0) is 22.8. The number of fused-ring (bicyclic) bond motifs is 3. The summed E-state index contributed by atoms with van der Waals surface area (Å²) in [6.07, 6.45) is 6.47. The minimum Gasteiger partial charge on any atom is -0.462 e. The third kappa shape index (κ3) is 4.35. The van der Waals surface area contributed by atoms with E-state index in [4.69, 9.17) is 9.47 Å². The first-order valence-electron chi connectivity index (χ1n) is 11.7. The first-order valence-corrected chi connectivity index (χ1v) is 12.6. The molecule has 0 saturated heterocycles. The highest BCUT2D eigenvalue weighted by Crippen LogP contribution is 2.43. The number of amides is 1. The molecule has 1 atom stereocenters. The molecule has 33 heavy (non-hydrogen) atoms. The van der Waals surface area contributed by atoms with E-state index in [1.165, 1.54) is 48.3 Å². The molecule has 2 aromatic carbocycles. The van der Waals surface area contributed by atoms with Gasteiger partial charge in [0.05, 0.1) is 22.9 Å². The number of nitrogens with one attached hydrogen (secondary N) is 2. The molecule has 1 saturated carbocycles. The molecule has 6 nitrogen and oxygen atoms in total. The van der Waals surface area contributed by atoms with Gasteiger partial charge in [-0.15, -0.1) is 11.3 Å². The summed E-state index contributed by atoms with van der Waals surface area (Å²) in [7, 11) is 0. The Bertz CT molecular complexity index is 1170. The Morgan fingerprint density at radius 3 is 2.67 bits per heavy atom. The summed E-state index contributed by atoms with van der Waals surface area (Å²) in [5, 5.41) is 4.20. The van der Waals surface area contributed by atoms with Crippen LogP contribution >= 0.6 is 11.3 Å². The van der Waals surface area contributed by atoms with Crippen molar-refractivity contribution in [1.29, 1.82) is 0 Å². The Hall–Kier alpha value is -2.90. The van der Waals surface area contributed by atoms with Gasteiger partial charge in [0, 0.05) is 10.9 Å². The molecule has 2 N–H and O–H groups in total. The lowest BCUT2D eigenvalue weighted by atomic mass is 9.94. The minimum absolute atomic E-state index is 0.254. The molecule has 172 valence electrons. The lowest BCUT2D eigenvalue weighted by molar-refractivity contribution is -0.957. The number of hydrogen-bond acceptors (Lipinski definition) is 5. The number of carbonyl (C=O) groups is 2. The SMILES string of the molecule is CCOC(=O)c1c(NC(=O)c2ccccc2)sc2c3c(ccc12)C[NH+](C1CCCCC1)CO3. The first-order chi connectivity index (χ1) is 16.2. The number of thiophene rings is 1. The van der Waals surface area contributed by atoms with Crippen LogP contribution in [0.2, 0.25) is 0 Å². The second kappa shape index (κ2) is 9.53. The standard InChI is InChI=1S/C26H28N2O4S/c1-2-31-26(30)21-20-14-13-18-15-28(19-11-7-4-8-12-19)16-32-22(18)23(20)33-25(21)27-24(29)17-9-5-3-6-10-17/h3,5-6,9-10,13-14,19H,2,4,7-8,11-12,15-16H2,1H3,(H,27,29)/p+1. The second-order valence-electron chi connectivity index (χ2n) is 8.74. The zero-order valence-corrected chi connectivity index (χ0v) is 19.6. The van der Waals surface area contributed by atoms with Crippen LogP contribution < -0.4 is 15.0 Å². The van der Waals surface area contributed by atoms with Crippen LogP contribution in [-0.2, 0) is 11.3 Å². The summed E-state index contributed by atoms with van der Waals surface area (Å²) in [5.41, 5.74) is 2.09. The lowest BCUT2D eigenvalue weighted by Gasteiger charge is -2.34. The van der Waals surface area contributed by atoms with Crippen LogP contribution in [0.15, 0.2) is 42.5 Å².